The molecule has 0 unspecified atom stereocenters. The van der Waals surface area contributed by atoms with E-state index in [9.17, 15) is 14.4 Å². The number of piperidine rings is 2. The van der Waals surface area contributed by atoms with Crippen LogP contribution in [-0.4, -0.2) is 113 Å². The van der Waals surface area contributed by atoms with Gasteiger partial charge in [-0.1, -0.05) is 0 Å². The number of fused-ring (bicyclic) bond motifs is 2. The lowest BCUT2D eigenvalue weighted by atomic mass is 9.98. The average Bonchev–Trinajstić information content (AvgIpc) is 3.95. The maximum atomic E-state index is 12.4. The van der Waals surface area contributed by atoms with Crippen LogP contribution in [0.3, 0.4) is 0 Å². The van der Waals surface area contributed by atoms with Gasteiger partial charge in [0.05, 0.1) is 23.6 Å². The van der Waals surface area contributed by atoms with Crippen molar-refractivity contribution in [3.63, 3.8) is 0 Å². The van der Waals surface area contributed by atoms with Crippen molar-refractivity contribution in [2.24, 2.45) is 11.8 Å². The Kier molecular flexibility index (Phi) is 17.1. The summed E-state index contributed by atoms with van der Waals surface area (Å²) in [6.45, 7) is 15.7. The van der Waals surface area contributed by atoms with Gasteiger partial charge in [0.2, 0.25) is 11.8 Å². The van der Waals surface area contributed by atoms with E-state index >= 15 is 0 Å². The quantitative estimate of drug-likeness (QED) is 0.0324. The number of carbonyl (C=O) groups excluding carboxylic acids is 3. The Morgan fingerprint density at radius 1 is 0.836 bits per heavy atom. The molecule has 2 aromatic carbocycles. The third-order valence-corrected chi connectivity index (χ3v) is 10.6. The zero-order valence-corrected chi connectivity index (χ0v) is 39.3. The molecule has 2 fully saturated rings. The SMILES string of the molecule is CC(C)(C)OC(=O)N1CCC[C@@H](C(=O)NN)C1.CC(C)(C)OC(=O)N1CCC[C@@H](c2nc(-c3ccc4n[nH]c(Br)c4c3)n[nH]2)C1.CCOC(=N)c1ccc2n[nH]c(Br)c2c1.Cl. The molecule has 7 rings (SSSR count). The highest BCUT2D eigenvalue weighted by Gasteiger charge is 2.32. The van der Waals surface area contributed by atoms with Gasteiger partial charge in [0, 0.05) is 54.0 Å². The second kappa shape index (κ2) is 21.3. The number of hydrogen-bond donors (Lipinski definition) is 6. The molecular formula is C40H55Br2ClN12O6. The van der Waals surface area contributed by atoms with E-state index in [1.54, 1.807) is 9.80 Å². The van der Waals surface area contributed by atoms with Crippen LogP contribution in [0.2, 0.25) is 0 Å². The van der Waals surface area contributed by atoms with Gasteiger partial charge in [-0.15, -0.1) is 12.4 Å². The van der Waals surface area contributed by atoms with E-state index in [2.05, 4.69) is 67.9 Å². The number of carbonyl (C=O) groups is 3. The van der Waals surface area contributed by atoms with Gasteiger partial charge in [-0.2, -0.15) is 15.3 Å². The predicted molar refractivity (Wildman–Crippen MR) is 241 cm³/mol. The van der Waals surface area contributed by atoms with Crippen molar-refractivity contribution >= 4 is 90.1 Å². The van der Waals surface area contributed by atoms with Gasteiger partial charge >= 0.3 is 12.2 Å². The molecule has 0 bridgehead atoms. The maximum Gasteiger partial charge on any atom is 0.410 e. The van der Waals surface area contributed by atoms with Crippen molar-refractivity contribution in [1.29, 1.82) is 5.41 Å². The summed E-state index contributed by atoms with van der Waals surface area (Å²) in [5.41, 5.74) is 4.54. The van der Waals surface area contributed by atoms with E-state index in [0.29, 0.717) is 38.6 Å². The first kappa shape index (κ1) is 48.9. The standard InChI is InChI=1S/C19H23BrN6O2.C11H21N3O3.C10H10BrN3O.ClH/c1-19(2,3)28-18(27)26-8-4-5-12(10-26)17-21-16(24-25-17)11-6-7-14-13(9-11)15(20)23-22-14;1-11(2,3)17-10(16)14-6-4-5-8(7-14)9(15)13-12;1-2-15-10(12)6-3-4-8-7(5-6)9(11)14-13-8;/h6-7,9,12H,4-5,8,10H2,1-3H3,(H,22,23)(H,21,24,25);8H,4-7,12H2,1-3H3,(H,13,15);3-5,12H,2H2,1H3,(H,13,14);1H/t12-;8-;;/m11../s1. The first-order valence-corrected chi connectivity index (χ1v) is 21.3. The molecule has 332 valence electrons. The molecule has 2 aliphatic heterocycles. The molecule has 3 aromatic heterocycles. The number of nitrogens with zero attached hydrogens (tertiary/aromatic N) is 6. The minimum atomic E-state index is -0.514. The zero-order chi connectivity index (χ0) is 43.8. The highest BCUT2D eigenvalue weighted by Crippen LogP contribution is 2.30. The Morgan fingerprint density at radius 3 is 1.97 bits per heavy atom. The van der Waals surface area contributed by atoms with Gasteiger partial charge in [-0.05, 0) is 142 Å². The van der Waals surface area contributed by atoms with Crippen LogP contribution in [-0.2, 0) is 19.0 Å². The van der Waals surface area contributed by atoms with E-state index in [0.717, 1.165) is 73.6 Å². The number of amides is 3. The number of hydrazine groups is 1. The van der Waals surface area contributed by atoms with Crippen LogP contribution in [0.5, 0.6) is 0 Å². The summed E-state index contributed by atoms with van der Waals surface area (Å²) >= 11 is 6.83. The minimum Gasteiger partial charge on any atom is -0.478 e. The molecule has 0 saturated carbocycles. The number of H-pyrrole nitrogens is 3. The molecule has 5 heterocycles. The molecule has 18 nitrogen and oxygen atoms in total. The van der Waals surface area contributed by atoms with Crippen LogP contribution in [0.4, 0.5) is 9.59 Å². The molecule has 21 heteroatoms. The summed E-state index contributed by atoms with van der Waals surface area (Å²) in [4.78, 5) is 43.6. The van der Waals surface area contributed by atoms with E-state index in [-0.39, 0.29) is 48.2 Å². The van der Waals surface area contributed by atoms with E-state index < -0.39 is 11.2 Å². The monoisotopic (exact) mass is 992 g/mol. The number of halogens is 3. The van der Waals surface area contributed by atoms with E-state index in [1.165, 1.54) is 0 Å². The topological polar surface area (TPSA) is 246 Å². The van der Waals surface area contributed by atoms with Crippen LogP contribution in [0.1, 0.15) is 91.5 Å². The summed E-state index contributed by atoms with van der Waals surface area (Å²) < 4.78 is 17.6. The Morgan fingerprint density at radius 2 is 1.39 bits per heavy atom. The highest BCUT2D eigenvalue weighted by atomic mass is 79.9. The third-order valence-electron chi connectivity index (χ3n) is 9.37. The smallest absolute Gasteiger partial charge is 0.410 e. The van der Waals surface area contributed by atoms with Crippen LogP contribution in [0, 0.1) is 11.3 Å². The molecule has 0 radical (unpaired) electrons. The Bertz CT molecular complexity index is 2280. The fraction of sp³-hybridized carbons (Fsp3) is 0.500. The molecule has 7 N–H and O–H groups in total. The fourth-order valence-electron chi connectivity index (χ4n) is 6.55. The second-order valence-corrected chi connectivity index (χ2v) is 18.0. The lowest BCUT2D eigenvalue weighted by Gasteiger charge is -2.33. The number of benzene rings is 2. The van der Waals surface area contributed by atoms with Gasteiger partial charge in [0.25, 0.3) is 0 Å². The third kappa shape index (κ3) is 13.6. The van der Waals surface area contributed by atoms with Crippen molar-refractivity contribution < 1.29 is 28.6 Å². The van der Waals surface area contributed by atoms with Crippen LogP contribution >= 0.6 is 44.3 Å². The largest absolute Gasteiger partial charge is 0.478 e. The van der Waals surface area contributed by atoms with E-state index in [1.807, 2.05) is 84.9 Å². The van der Waals surface area contributed by atoms with Crippen LogP contribution < -0.4 is 11.3 Å². The van der Waals surface area contributed by atoms with Crippen molar-refractivity contribution in [2.45, 2.75) is 91.3 Å². The molecule has 2 atom stereocenters. The first-order valence-electron chi connectivity index (χ1n) is 19.7. The number of aromatic nitrogens is 7. The Balaban J connectivity index is 0.000000214. The Labute approximate surface area is 377 Å². The van der Waals surface area contributed by atoms with Gasteiger partial charge < -0.3 is 24.0 Å². The summed E-state index contributed by atoms with van der Waals surface area (Å²) in [5, 5.41) is 31.1. The van der Waals surface area contributed by atoms with Crippen LogP contribution in [0.15, 0.2) is 45.6 Å². The summed E-state index contributed by atoms with van der Waals surface area (Å²) in [5.74, 6) is 6.38. The molecular weight excluding hydrogens is 940 g/mol. The van der Waals surface area contributed by atoms with Crippen molar-refractivity contribution in [3.8, 4) is 11.4 Å². The fourth-order valence-corrected chi connectivity index (χ4v) is 7.36. The van der Waals surface area contributed by atoms with E-state index in [4.69, 9.17) is 30.4 Å². The normalized spacial score (nSPS) is 16.6. The number of ether oxygens (including phenoxy) is 3. The van der Waals surface area contributed by atoms with Gasteiger partial charge in [-0.3, -0.25) is 30.9 Å². The van der Waals surface area contributed by atoms with Crippen molar-refractivity contribution in [1.82, 2.24) is 50.8 Å². The predicted octanol–water partition coefficient (Wildman–Crippen LogP) is 7.96. The van der Waals surface area contributed by atoms with Crippen molar-refractivity contribution in [2.75, 3.05) is 32.8 Å². The van der Waals surface area contributed by atoms with Crippen molar-refractivity contribution in [3.05, 3.63) is 57.0 Å². The van der Waals surface area contributed by atoms with Crippen LogP contribution in [0.25, 0.3) is 33.2 Å². The summed E-state index contributed by atoms with van der Waals surface area (Å²) in [6, 6.07) is 11.5. The zero-order valence-electron chi connectivity index (χ0n) is 35.4. The highest BCUT2D eigenvalue weighted by molar-refractivity contribution is 9.10. The maximum absolute atomic E-state index is 12.4. The average molecular weight is 995 g/mol. The lowest BCUT2D eigenvalue weighted by Crippen LogP contribution is -2.48. The summed E-state index contributed by atoms with van der Waals surface area (Å²) in [7, 11) is 0. The number of hydrogen-bond acceptors (Lipinski definition) is 12. The van der Waals surface area contributed by atoms with Gasteiger partial charge in [-0.25, -0.2) is 20.4 Å². The molecule has 5 aromatic rings. The summed E-state index contributed by atoms with van der Waals surface area (Å²) in [6.07, 6.45) is 2.77. The molecule has 0 spiro atoms. The molecule has 61 heavy (non-hydrogen) atoms. The minimum absolute atomic E-state index is 0. The van der Waals surface area contributed by atoms with Gasteiger partial charge in [0.15, 0.2) is 5.82 Å². The molecule has 2 saturated heterocycles. The van der Waals surface area contributed by atoms with Gasteiger partial charge in [0.1, 0.15) is 26.2 Å². The first-order chi connectivity index (χ1) is 28.3. The number of rotatable bonds is 5. The number of likely N-dealkylation sites (tertiary alicyclic amines) is 2. The lowest BCUT2D eigenvalue weighted by molar-refractivity contribution is -0.126. The molecule has 0 aliphatic carbocycles. The second-order valence-electron chi connectivity index (χ2n) is 16.4. The number of nitrogens with one attached hydrogen (secondary N) is 5. The molecule has 2 aliphatic rings. The Hall–Kier alpha value is -4.79. The number of aromatic amines is 3. The molecule has 3 amide bonds. The number of nitrogens with two attached hydrogens (primary N) is 1.